The van der Waals surface area contributed by atoms with E-state index in [-0.39, 0.29) is 17.0 Å². The van der Waals surface area contributed by atoms with E-state index in [1.54, 1.807) is 6.92 Å². The third kappa shape index (κ3) is 9.04. The molecule has 0 unspecified atom stereocenters. The van der Waals surface area contributed by atoms with E-state index in [9.17, 15) is 22.8 Å². The van der Waals surface area contributed by atoms with Gasteiger partial charge in [0.25, 0.3) is 5.91 Å². The lowest BCUT2D eigenvalue weighted by atomic mass is 10.2. The van der Waals surface area contributed by atoms with Crippen LogP contribution < -0.4 is 15.4 Å². The summed E-state index contributed by atoms with van der Waals surface area (Å²) < 4.78 is 30.8. The molecule has 0 aromatic heterocycles. The van der Waals surface area contributed by atoms with Gasteiger partial charge >= 0.3 is 12.0 Å². The first-order valence-corrected chi connectivity index (χ1v) is 10.3. The number of anilines is 1. The van der Waals surface area contributed by atoms with Crippen molar-refractivity contribution in [1.82, 2.24) is 10.6 Å². The number of benzene rings is 1. The van der Waals surface area contributed by atoms with Gasteiger partial charge in [-0.1, -0.05) is 26.3 Å². The summed E-state index contributed by atoms with van der Waals surface area (Å²) >= 11 is 0. The van der Waals surface area contributed by atoms with Gasteiger partial charge in [0, 0.05) is 12.2 Å². The van der Waals surface area contributed by atoms with Crippen molar-refractivity contribution < 1.29 is 27.5 Å². The average molecular weight is 399 g/mol. The van der Waals surface area contributed by atoms with Crippen LogP contribution in [-0.4, -0.2) is 45.2 Å². The van der Waals surface area contributed by atoms with Crippen LogP contribution in [0, 0.1) is 0 Å². The van der Waals surface area contributed by atoms with Gasteiger partial charge in [-0.2, -0.15) is 0 Å². The maximum atomic E-state index is 12.0. The quantitative estimate of drug-likeness (QED) is 0.405. The third-order valence-corrected chi connectivity index (χ3v) is 4.74. The second-order valence-corrected chi connectivity index (χ2v) is 7.58. The lowest BCUT2D eigenvalue weighted by molar-refractivity contribution is -0.123. The number of hydrogen-bond acceptors (Lipinski definition) is 6. The Morgan fingerprint density at radius 3 is 2.52 bits per heavy atom. The molecule has 0 heterocycles. The molecule has 1 rings (SSSR count). The van der Waals surface area contributed by atoms with E-state index in [2.05, 4.69) is 10.0 Å². The van der Waals surface area contributed by atoms with Crippen molar-refractivity contribution in [2.45, 2.75) is 33.1 Å². The van der Waals surface area contributed by atoms with Crippen molar-refractivity contribution in [2.24, 2.45) is 0 Å². The van der Waals surface area contributed by atoms with E-state index in [1.165, 1.54) is 24.3 Å². The van der Waals surface area contributed by atoms with Crippen LogP contribution in [0.1, 0.15) is 43.5 Å². The Bertz CT molecular complexity index is 764. The average Bonchev–Trinajstić information content (AvgIpc) is 2.59. The Labute approximate surface area is 158 Å². The monoisotopic (exact) mass is 399 g/mol. The SMILES string of the molecule is CCCCNC(=O)NC(=O)COC(=O)c1cccc(NS(=O)(=O)CCC)c1. The lowest BCUT2D eigenvalue weighted by Crippen LogP contribution is -2.41. The molecule has 0 spiro atoms. The Kier molecular flexibility index (Phi) is 9.27. The van der Waals surface area contributed by atoms with Gasteiger partial charge in [-0.25, -0.2) is 18.0 Å². The van der Waals surface area contributed by atoms with Crippen molar-refractivity contribution in [1.29, 1.82) is 0 Å². The Hall–Kier alpha value is -2.62. The highest BCUT2D eigenvalue weighted by atomic mass is 32.2. The number of nitrogens with one attached hydrogen (secondary N) is 3. The highest BCUT2D eigenvalue weighted by molar-refractivity contribution is 7.92. The molecule has 150 valence electrons. The van der Waals surface area contributed by atoms with E-state index in [4.69, 9.17) is 4.74 Å². The molecular formula is C17H25N3O6S. The van der Waals surface area contributed by atoms with Gasteiger partial charge in [0.1, 0.15) is 0 Å². The fourth-order valence-corrected chi connectivity index (χ4v) is 3.13. The first-order valence-electron chi connectivity index (χ1n) is 8.62. The Morgan fingerprint density at radius 2 is 1.85 bits per heavy atom. The van der Waals surface area contributed by atoms with Crippen molar-refractivity contribution in [3.8, 4) is 0 Å². The van der Waals surface area contributed by atoms with E-state index in [0.29, 0.717) is 13.0 Å². The van der Waals surface area contributed by atoms with E-state index >= 15 is 0 Å². The molecule has 0 saturated heterocycles. The zero-order chi connectivity index (χ0) is 20.3. The summed E-state index contributed by atoms with van der Waals surface area (Å²) in [5.41, 5.74) is 0.296. The number of rotatable bonds is 10. The van der Waals surface area contributed by atoms with Gasteiger partial charge in [-0.3, -0.25) is 14.8 Å². The largest absolute Gasteiger partial charge is 0.452 e. The van der Waals surface area contributed by atoms with E-state index < -0.39 is 34.5 Å². The number of sulfonamides is 1. The lowest BCUT2D eigenvalue weighted by Gasteiger charge is -2.09. The molecule has 0 aliphatic rings. The molecule has 9 nitrogen and oxygen atoms in total. The van der Waals surface area contributed by atoms with Gasteiger partial charge in [-0.15, -0.1) is 0 Å². The smallest absolute Gasteiger partial charge is 0.338 e. The van der Waals surface area contributed by atoms with Crippen LogP contribution in [0.3, 0.4) is 0 Å². The van der Waals surface area contributed by atoms with Gasteiger partial charge in [-0.05, 0) is 31.0 Å². The standard InChI is InChI=1S/C17H25N3O6S/c1-3-5-9-18-17(23)19-15(21)12-26-16(22)13-7-6-8-14(11-13)20-27(24,25)10-4-2/h6-8,11,20H,3-5,9-10,12H2,1-2H3,(H2,18,19,21,23). The Morgan fingerprint density at radius 1 is 1.11 bits per heavy atom. The first-order chi connectivity index (χ1) is 12.8. The minimum absolute atomic E-state index is 0.0395. The summed E-state index contributed by atoms with van der Waals surface area (Å²) in [7, 11) is -3.49. The number of carbonyl (C=O) groups excluding carboxylic acids is 3. The molecule has 1 aromatic carbocycles. The number of ether oxygens (including phenoxy) is 1. The van der Waals surface area contributed by atoms with Crippen LogP contribution in [0.25, 0.3) is 0 Å². The summed E-state index contributed by atoms with van der Waals surface area (Å²) in [4.78, 5) is 35.0. The number of imide groups is 1. The van der Waals surface area contributed by atoms with Gasteiger partial charge < -0.3 is 10.1 Å². The van der Waals surface area contributed by atoms with Crippen molar-refractivity contribution in [3.05, 3.63) is 29.8 Å². The predicted molar refractivity (Wildman–Crippen MR) is 101 cm³/mol. The van der Waals surface area contributed by atoms with Crippen LogP contribution >= 0.6 is 0 Å². The molecule has 10 heteroatoms. The van der Waals surface area contributed by atoms with Crippen LogP contribution in [0.4, 0.5) is 10.5 Å². The van der Waals surface area contributed by atoms with Crippen LogP contribution in [-0.2, 0) is 19.6 Å². The van der Waals surface area contributed by atoms with Gasteiger partial charge in [0.15, 0.2) is 6.61 Å². The molecule has 3 N–H and O–H groups in total. The molecule has 0 fully saturated rings. The molecule has 1 aromatic rings. The normalized spacial score (nSPS) is 10.7. The van der Waals surface area contributed by atoms with E-state index in [0.717, 1.165) is 12.8 Å². The number of unbranched alkanes of at least 4 members (excludes halogenated alkanes) is 1. The fourth-order valence-electron chi connectivity index (χ4n) is 2.01. The number of amides is 3. The van der Waals surface area contributed by atoms with Gasteiger partial charge in [0.05, 0.1) is 11.3 Å². The van der Waals surface area contributed by atoms with Crippen LogP contribution in [0.5, 0.6) is 0 Å². The van der Waals surface area contributed by atoms with Crippen molar-refractivity contribution in [3.63, 3.8) is 0 Å². The number of esters is 1. The topological polar surface area (TPSA) is 131 Å². The first kappa shape index (κ1) is 22.4. The molecular weight excluding hydrogens is 374 g/mol. The summed E-state index contributed by atoms with van der Waals surface area (Å²) in [6, 6.07) is 5.07. The molecule has 0 bridgehead atoms. The highest BCUT2D eigenvalue weighted by Gasteiger charge is 2.14. The van der Waals surface area contributed by atoms with Gasteiger partial charge in [0.2, 0.25) is 10.0 Å². The molecule has 3 amide bonds. The highest BCUT2D eigenvalue weighted by Crippen LogP contribution is 2.13. The zero-order valence-electron chi connectivity index (χ0n) is 15.4. The Balaban J connectivity index is 2.54. The second-order valence-electron chi connectivity index (χ2n) is 5.74. The number of urea groups is 1. The second kappa shape index (κ2) is 11.2. The molecule has 0 saturated carbocycles. The maximum Gasteiger partial charge on any atom is 0.338 e. The molecule has 0 aliphatic heterocycles. The molecule has 0 aliphatic carbocycles. The fraction of sp³-hybridized carbons (Fsp3) is 0.471. The van der Waals surface area contributed by atoms with Crippen LogP contribution in [0.2, 0.25) is 0 Å². The zero-order valence-corrected chi connectivity index (χ0v) is 16.2. The van der Waals surface area contributed by atoms with E-state index in [1.807, 2.05) is 12.2 Å². The third-order valence-electron chi connectivity index (χ3n) is 3.25. The summed E-state index contributed by atoms with van der Waals surface area (Å²) in [6.07, 6.45) is 2.15. The van der Waals surface area contributed by atoms with Crippen molar-refractivity contribution in [2.75, 3.05) is 23.6 Å². The molecule has 27 heavy (non-hydrogen) atoms. The summed E-state index contributed by atoms with van der Waals surface area (Å²) in [5.74, 6) is -1.62. The molecule has 0 radical (unpaired) electrons. The van der Waals surface area contributed by atoms with Crippen LogP contribution in [0.15, 0.2) is 24.3 Å². The van der Waals surface area contributed by atoms with Crippen molar-refractivity contribution >= 4 is 33.6 Å². The minimum Gasteiger partial charge on any atom is -0.452 e. The summed E-state index contributed by atoms with van der Waals surface area (Å²) in [6.45, 7) is 3.51. The predicted octanol–water partition coefficient (Wildman–Crippen LogP) is 1.62. The maximum absolute atomic E-state index is 12.0. The number of hydrogen-bond donors (Lipinski definition) is 3. The summed E-state index contributed by atoms with van der Waals surface area (Å²) in [5, 5.41) is 4.54. The minimum atomic E-state index is -3.49. The molecule has 0 atom stereocenters. The number of carbonyl (C=O) groups is 3.